The van der Waals surface area contributed by atoms with E-state index in [1.807, 2.05) is 26.8 Å². The van der Waals surface area contributed by atoms with Crippen molar-refractivity contribution in [3.05, 3.63) is 28.8 Å². The van der Waals surface area contributed by atoms with Crippen LogP contribution in [-0.4, -0.2) is 62.3 Å². The Morgan fingerprint density at radius 2 is 1.91 bits per heavy atom. The first kappa shape index (κ1) is 24.2. The second-order valence-corrected chi connectivity index (χ2v) is 9.47. The Morgan fingerprint density at radius 1 is 1.25 bits per heavy atom. The third kappa shape index (κ3) is 4.37. The fourth-order valence-corrected chi connectivity index (χ4v) is 4.13. The predicted molar refractivity (Wildman–Crippen MR) is 119 cm³/mol. The monoisotopic (exact) mass is 467 g/mol. The summed E-state index contributed by atoms with van der Waals surface area (Å²) < 4.78 is 15.7. The molecule has 3 rings (SSSR count). The Balaban J connectivity index is 1.96. The fraction of sp³-hybridized carbons (Fsp3) is 0.545. The average Bonchev–Trinajstić information content (AvgIpc) is 3.35. The van der Waals surface area contributed by atoms with Gasteiger partial charge < -0.3 is 24.8 Å². The lowest BCUT2D eigenvalue weighted by atomic mass is 9.86. The lowest BCUT2D eigenvalue weighted by Gasteiger charge is -2.32. The number of nitrogens with two attached hydrogens (primary N) is 1. The molecule has 10 heteroatoms. The molecule has 1 aromatic rings. The van der Waals surface area contributed by atoms with Gasteiger partial charge in [-0.05, 0) is 17.6 Å². The molecule has 2 heterocycles. The maximum Gasteiger partial charge on any atom is 0.328 e. The number of ether oxygens (including phenoxy) is 3. The normalized spacial score (nSPS) is 23.6. The van der Waals surface area contributed by atoms with Gasteiger partial charge in [-0.15, -0.1) is 0 Å². The molecule has 32 heavy (non-hydrogen) atoms. The van der Waals surface area contributed by atoms with Gasteiger partial charge in [-0.3, -0.25) is 15.1 Å². The van der Waals surface area contributed by atoms with Crippen LogP contribution >= 0.6 is 11.6 Å². The van der Waals surface area contributed by atoms with Gasteiger partial charge in [0.15, 0.2) is 0 Å². The number of rotatable bonds is 5. The van der Waals surface area contributed by atoms with Crippen LogP contribution in [0.3, 0.4) is 0 Å². The zero-order chi connectivity index (χ0) is 23.8. The van der Waals surface area contributed by atoms with E-state index < -0.39 is 29.1 Å². The molecule has 176 valence electrons. The van der Waals surface area contributed by atoms with E-state index in [0.29, 0.717) is 27.8 Å². The summed E-state index contributed by atoms with van der Waals surface area (Å²) >= 11 is 6.31. The van der Waals surface area contributed by atoms with Gasteiger partial charge in [-0.25, -0.2) is 4.79 Å². The van der Waals surface area contributed by atoms with E-state index in [0.717, 1.165) is 0 Å². The van der Waals surface area contributed by atoms with Crippen molar-refractivity contribution in [2.75, 3.05) is 27.9 Å². The molecule has 0 radical (unpaired) electrons. The van der Waals surface area contributed by atoms with Crippen LogP contribution in [0.4, 0.5) is 0 Å². The van der Waals surface area contributed by atoms with Crippen LogP contribution in [-0.2, 0) is 19.2 Å². The second-order valence-electron chi connectivity index (χ2n) is 9.07. The number of halogens is 1. The molecule has 1 saturated heterocycles. The molecule has 2 aliphatic heterocycles. The lowest BCUT2D eigenvalue weighted by molar-refractivity contribution is -0.152. The summed E-state index contributed by atoms with van der Waals surface area (Å²) in [5, 5.41) is 0.402. The van der Waals surface area contributed by atoms with Gasteiger partial charge in [0.2, 0.25) is 5.91 Å². The molecule has 1 spiro atoms. The van der Waals surface area contributed by atoms with Crippen molar-refractivity contribution in [3.8, 4) is 11.5 Å². The highest BCUT2D eigenvalue weighted by Gasteiger charge is 2.53. The number of nitrogens with one attached hydrogen (secondary N) is 1. The van der Waals surface area contributed by atoms with Gasteiger partial charge in [-0.1, -0.05) is 32.4 Å². The fourth-order valence-electron chi connectivity index (χ4n) is 3.89. The third-order valence-electron chi connectivity index (χ3n) is 5.84. The van der Waals surface area contributed by atoms with E-state index in [-0.39, 0.29) is 18.9 Å². The van der Waals surface area contributed by atoms with E-state index in [4.69, 9.17) is 36.4 Å². The Bertz CT molecular complexity index is 944. The number of nitrogens with zero attached hydrogens (tertiary/aromatic N) is 1. The molecule has 3 N–H and O–H groups in total. The van der Waals surface area contributed by atoms with Crippen molar-refractivity contribution in [2.24, 2.45) is 11.1 Å². The molecule has 0 saturated carbocycles. The SMILES string of the molecule is COC(=O)[C@@H]1C[C@]2(C=C(c3cc(Cl)c(OC)cc3OC)NO2)CN1C(=O)[C@@H](N)C(C)(C)C. The molecule has 9 nitrogen and oxygen atoms in total. The quantitative estimate of drug-likeness (QED) is 0.633. The van der Waals surface area contributed by atoms with E-state index in [1.54, 1.807) is 12.1 Å². The molecule has 0 aromatic heterocycles. The van der Waals surface area contributed by atoms with Crippen molar-refractivity contribution >= 4 is 29.2 Å². The number of hydroxylamine groups is 1. The van der Waals surface area contributed by atoms with Gasteiger partial charge in [0.05, 0.1) is 44.6 Å². The number of carbonyl (C=O) groups is 2. The van der Waals surface area contributed by atoms with Crippen molar-refractivity contribution in [3.63, 3.8) is 0 Å². The van der Waals surface area contributed by atoms with Gasteiger partial charge in [0, 0.05) is 18.1 Å². The topological polar surface area (TPSA) is 112 Å². The lowest BCUT2D eigenvalue weighted by Crippen LogP contribution is -2.53. The summed E-state index contributed by atoms with van der Waals surface area (Å²) in [5.74, 6) is 0.143. The number of esters is 1. The minimum atomic E-state index is -0.946. The molecule has 0 unspecified atom stereocenters. The molecular formula is C22H30ClN3O6. The number of likely N-dealkylation sites (tertiary alicyclic amines) is 1. The van der Waals surface area contributed by atoms with Crippen LogP contribution in [0.1, 0.15) is 32.8 Å². The minimum Gasteiger partial charge on any atom is -0.496 e. The minimum absolute atomic E-state index is 0.137. The number of amides is 1. The van der Waals surface area contributed by atoms with Crippen molar-refractivity contribution in [1.29, 1.82) is 0 Å². The number of methoxy groups -OCH3 is 3. The molecular weight excluding hydrogens is 438 g/mol. The van der Waals surface area contributed by atoms with Crippen LogP contribution < -0.4 is 20.7 Å². The highest BCUT2D eigenvalue weighted by molar-refractivity contribution is 6.32. The standard InChI is InChI=1S/C22H30ClN3O6/c1-21(2,3)18(24)19(27)26-11-22(10-15(26)20(28)31-6)9-14(25-32-22)12-7-13(23)17(30-5)8-16(12)29-4/h7-9,15,18,25H,10-11,24H2,1-6H3/t15-,18+,22+/m0/s1. The third-order valence-corrected chi connectivity index (χ3v) is 6.14. The molecule has 3 atom stereocenters. The van der Waals surface area contributed by atoms with Gasteiger partial charge in [0.1, 0.15) is 23.1 Å². The van der Waals surface area contributed by atoms with Crippen molar-refractivity contribution < 1.29 is 28.6 Å². The second kappa shape index (κ2) is 8.80. The molecule has 1 amide bonds. The van der Waals surface area contributed by atoms with Crippen LogP contribution in [0.25, 0.3) is 5.70 Å². The van der Waals surface area contributed by atoms with Crippen molar-refractivity contribution in [1.82, 2.24) is 10.4 Å². The van der Waals surface area contributed by atoms with Gasteiger partial charge in [0.25, 0.3) is 0 Å². The largest absolute Gasteiger partial charge is 0.496 e. The first-order chi connectivity index (χ1) is 15.0. The Kier molecular flexibility index (Phi) is 6.65. The van der Waals surface area contributed by atoms with Crippen LogP contribution in [0.15, 0.2) is 18.2 Å². The number of benzene rings is 1. The van der Waals surface area contributed by atoms with Crippen LogP contribution in [0, 0.1) is 5.41 Å². The van der Waals surface area contributed by atoms with Gasteiger partial charge in [-0.2, -0.15) is 0 Å². The van der Waals surface area contributed by atoms with E-state index >= 15 is 0 Å². The average molecular weight is 468 g/mol. The molecule has 1 aromatic carbocycles. The highest BCUT2D eigenvalue weighted by Crippen LogP contribution is 2.42. The molecule has 0 bridgehead atoms. The number of hydrogen-bond donors (Lipinski definition) is 2. The Labute approximate surface area is 192 Å². The van der Waals surface area contributed by atoms with Crippen molar-refractivity contribution in [2.45, 2.75) is 44.9 Å². The maximum absolute atomic E-state index is 13.2. The smallest absolute Gasteiger partial charge is 0.328 e. The first-order valence-electron chi connectivity index (χ1n) is 10.2. The van der Waals surface area contributed by atoms with E-state index in [1.165, 1.54) is 26.2 Å². The zero-order valence-corrected chi connectivity index (χ0v) is 19.9. The maximum atomic E-state index is 13.2. The summed E-state index contributed by atoms with van der Waals surface area (Å²) in [7, 11) is 4.35. The van der Waals surface area contributed by atoms with Crippen LogP contribution in [0.2, 0.25) is 5.02 Å². The predicted octanol–water partition coefficient (Wildman–Crippen LogP) is 2.12. The highest BCUT2D eigenvalue weighted by atomic mass is 35.5. The number of carbonyl (C=O) groups excluding carboxylic acids is 2. The summed E-state index contributed by atoms with van der Waals surface area (Å²) in [6, 6.07) is 1.77. The van der Waals surface area contributed by atoms with E-state index in [2.05, 4.69) is 5.48 Å². The van der Waals surface area contributed by atoms with Crippen LogP contribution in [0.5, 0.6) is 11.5 Å². The summed E-state index contributed by atoms with van der Waals surface area (Å²) in [6.07, 6.45) is 2.05. The Morgan fingerprint density at radius 3 is 2.47 bits per heavy atom. The molecule has 1 fully saturated rings. The summed E-state index contributed by atoms with van der Waals surface area (Å²) in [6.45, 7) is 5.76. The van der Waals surface area contributed by atoms with E-state index in [9.17, 15) is 9.59 Å². The number of hydrogen-bond acceptors (Lipinski definition) is 8. The molecule has 0 aliphatic carbocycles. The van der Waals surface area contributed by atoms with Gasteiger partial charge >= 0.3 is 5.97 Å². The summed E-state index contributed by atoms with van der Waals surface area (Å²) in [4.78, 5) is 33.0. The molecule has 2 aliphatic rings. The Hall–Kier alpha value is -2.49. The summed E-state index contributed by atoms with van der Waals surface area (Å²) in [5.41, 5.74) is 8.94. The zero-order valence-electron chi connectivity index (χ0n) is 19.2. The first-order valence-corrected chi connectivity index (χ1v) is 10.6.